The summed E-state index contributed by atoms with van der Waals surface area (Å²) in [7, 11) is -3.48. The highest BCUT2D eigenvalue weighted by Gasteiger charge is 2.26. The van der Waals surface area contributed by atoms with E-state index in [-0.39, 0.29) is 11.5 Å². The Kier molecular flexibility index (Phi) is 9.69. The van der Waals surface area contributed by atoms with Gasteiger partial charge >= 0.3 is 8.25 Å². The van der Waals surface area contributed by atoms with Crippen LogP contribution in [0, 0.1) is 0 Å². The minimum atomic E-state index is -3.48. The summed E-state index contributed by atoms with van der Waals surface area (Å²) >= 11 is 0. The number of H-pyrrole nitrogens is 4. The number of fused-ring (bicyclic) bond motifs is 40. The molecule has 0 saturated carbocycles. The van der Waals surface area contributed by atoms with Crippen molar-refractivity contribution in [1.82, 2.24) is 79.7 Å². The number of nitrogens with one attached hydrogen (secondary N) is 4. The minimum absolute atomic E-state index is 0.216. The zero-order chi connectivity index (χ0) is 55.1. The first-order valence-corrected chi connectivity index (χ1v) is 28.1. The standard InChI is InChI=1S/C64H35N16O3P/c81-84(82-45-29-13-27-43-47(45)63-77-59-41-25-11-9-23-39(41)55(73-59)69-51-33-17-3-1-15-31(33)49(65-51)67-53-35-19-5-7-21-37(35)57(71-53)75-61(43)79-63)83-46-30-14-28-44-48(46)64-78-60-42-26-12-10-24-40(42)56(74-60)70-52-34-18-4-2-16-32(34)50(66-52)68-54-36-20-6-8-22-38(36)58(72-54)76-62(44)80-64/h1-30,84H,(H2,65,67,69,71,73,75,77,79)(H2,66,68,70,72,74,76,78,80). The van der Waals surface area contributed by atoms with Gasteiger partial charge in [0, 0.05) is 76.8 Å². The molecule has 0 spiro atoms. The second kappa shape index (κ2) is 17.7. The molecule has 18 rings (SSSR count). The van der Waals surface area contributed by atoms with E-state index in [1.165, 1.54) is 0 Å². The molecule has 4 aliphatic rings. The van der Waals surface area contributed by atoms with Crippen molar-refractivity contribution in [3.8, 4) is 103 Å². The quantitative estimate of drug-likeness (QED) is 0.120. The van der Waals surface area contributed by atoms with Crippen LogP contribution in [0.5, 0.6) is 11.5 Å². The summed E-state index contributed by atoms with van der Waals surface area (Å²) < 4.78 is 27.9. The SMILES string of the molecule is O=[PH](Oc1cccc2c3nc4nc(nc5[nH]c(nc6nc(nc([nH]3)c12)-c1ccccc1-6)c1ccccc51)-c1ccccc1-4)Oc1cccc2c3nc4nc(nc5[nH]c(nc6nc(nc([nH]3)c12)-c1ccccc1-6)c1ccccc51)-c1ccccc1-4. The van der Waals surface area contributed by atoms with E-state index in [2.05, 4.69) is 19.9 Å². The van der Waals surface area contributed by atoms with Gasteiger partial charge in [-0.05, 0) is 12.1 Å². The molecular formula is C64H35N16O3P. The van der Waals surface area contributed by atoms with Crippen LogP contribution < -0.4 is 9.05 Å². The fraction of sp³-hybridized carbons (Fsp3) is 0. The number of benzene rings is 8. The molecule has 14 aromatic rings. The maximum absolute atomic E-state index is 14.9. The Bertz CT molecular complexity index is 5300. The van der Waals surface area contributed by atoms with Crippen molar-refractivity contribution in [1.29, 1.82) is 0 Å². The Morgan fingerprint density at radius 1 is 0.238 bits per heavy atom. The zero-order valence-corrected chi connectivity index (χ0v) is 44.4. The molecule has 8 aromatic carbocycles. The summed E-state index contributed by atoms with van der Waals surface area (Å²) in [5, 5.41) is 5.68. The van der Waals surface area contributed by atoms with Crippen LogP contribution in [0.1, 0.15) is 0 Å². The van der Waals surface area contributed by atoms with Gasteiger partial charge in [-0.1, -0.05) is 170 Å². The van der Waals surface area contributed by atoms with Gasteiger partial charge in [0.1, 0.15) is 56.7 Å². The lowest BCUT2D eigenvalue weighted by Crippen LogP contribution is -1.91. The Balaban J connectivity index is 0.828. The van der Waals surface area contributed by atoms with Gasteiger partial charge in [-0.3, -0.25) is 0 Å². The van der Waals surface area contributed by atoms with Crippen LogP contribution in [-0.2, 0) is 4.57 Å². The van der Waals surface area contributed by atoms with Crippen molar-refractivity contribution in [2.45, 2.75) is 0 Å². The van der Waals surface area contributed by atoms with Crippen molar-refractivity contribution in [2.75, 3.05) is 0 Å². The summed E-state index contributed by atoms with van der Waals surface area (Å²) in [6, 6.07) is 58.0. The molecule has 20 heteroatoms. The van der Waals surface area contributed by atoms with Crippen molar-refractivity contribution in [3.63, 3.8) is 0 Å². The number of hydrogen-bond donors (Lipinski definition) is 4. The molecule has 0 amide bonds. The van der Waals surface area contributed by atoms with Crippen molar-refractivity contribution >= 4 is 96.5 Å². The molecule has 394 valence electrons. The Hall–Kier alpha value is -11.7. The van der Waals surface area contributed by atoms with Gasteiger partial charge in [-0.25, -0.2) is 64.4 Å². The first kappa shape index (κ1) is 46.1. The van der Waals surface area contributed by atoms with E-state index in [9.17, 15) is 4.57 Å². The van der Waals surface area contributed by atoms with Gasteiger partial charge < -0.3 is 29.0 Å². The summed E-state index contributed by atoms with van der Waals surface area (Å²) in [6.07, 6.45) is 0. The molecule has 19 nitrogen and oxygen atoms in total. The normalized spacial score (nSPS) is 12.2. The third-order valence-corrected chi connectivity index (χ3v) is 16.2. The molecule has 0 saturated heterocycles. The highest BCUT2D eigenvalue weighted by atomic mass is 31.1. The second-order valence-corrected chi connectivity index (χ2v) is 21.2. The van der Waals surface area contributed by atoms with Gasteiger partial charge in [0.15, 0.2) is 46.6 Å². The lowest BCUT2D eigenvalue weighted by molar-refractivity contribution is 0.419. The van der Waals surface area contributed by atoms with Crippen LogP contribution in [0.4, 0.5) is 0 Å². The third kappa shape index (κ3) is 7.09. The van der Waals surface area contributed by atoms with Gasteiger partial charge in [-0.15, -0.1) is 0 Å². The molecule has 0 atom stereocenters. The van der Waals surface area contributed by atoms with Gasteiger partial charge in [0.25, 0.3) is 0 Å². The van der Waals surface area contributed by atoms with E-state index < -0.39 is 8.25 Å². The molecule has 0 radical (unpaired) electrons. The van der Waals surface area contributed by atoms with E-state index in [1.54, 1.807) is 24.3 Å². The van der Waals surface area contributed by atoms with Crippen LogP contribution in [0.3, 0.4) is 0 Å². The highest BCUT2D eigenvalue weighted by molar-refractivity contribution is 7.34. The summed E-state index contributed by atoms with van der Waals surface area (Å²) in [5.41, 5.74) is 10.2. The van der Waals surface area contributed by atoms with Gasteiger partial charge in [-0.2, -0.15) is 0 Å². The van der Waals surface area contributed by atoms with E-state index >= 15 is 0 Å². The number of aromatic nitrogens is 16. The number of aromatic amines is 4. The first-order valence-electron chi connectivity index (χ1n) is 26.8. The highest BCUT2D eigenvalue weighted by Crippen LogP contribution is 2.44. The largest absolute Gasteiger partial charge is 0.419 e. The molecule has 10 heterocycles. The third-order valence-electron chi connectivity index (χ3n) is 15.5. The van der Waals surface area contributed by atoms with Gasteiger partial charge in [0.05, 0.1) is 10.8 Å². The smallest absolute Gasteiger partial charge is 0.417 e. The zero-order valence-electron chi connectivity index (χ0n) is 43.4. The van der Waals surface area contributed by atoms with Crippen molar-refractivity contribution in [2.24, 2.45) is 0 Å². The Labute approximate surface area is 472 Å². The maximum Gasteiger partial charge on any atom is 0.419 e. The Morgan fingerprint density at radius 3 is 0.726 bits per heavy atom. The predicted molar refractivity (Wildman–Crippen MR) is 322 cm³/mol. The van der Waals surface area contributed by atoms with E-state index in [0.29, 0.717) is 113 Å². The minimum Gasteiger partial charge on any atom is -0.417 e. The first-order chi connectivity index (χ1) is 41.5. The fourth-order valence-corrected chi connectivity index (χ4v) is 12.4. The Morgan fingerprint density at radius 2 is 0.452 bits per heavy atom. The molecule has 4 aliphatic heterocycles. The van der Waals surface area contributed by atoms with Crippen LogP contribution in [0.25, 0.3) is 179 Å². The fourth-order valence-electron chi connectivity index (χ4n) is 11.7. The molecule has 6 aromatic heterocycles. The van der Waals surface area contributed by atoms with Crippen LogP contribution in [-0.4, -0.2) is 79.7 Å². The average Bonchev–Trinajstić information content (AvgIpc) is 4.27. The molecule has 84 heavy (non-hydrogen) atoms. The second-order valence-electron chi connectivity index (χ2n) is 20.3. The van der Waals surface area contributed by atoms with Crippen molar-refractivity contribution in [3.05, 3.63) is 182 Å². The summed E-state index contributed by atoms with van der Waals surface area (Å²) in [5.74, 6) is 3.96. The number of rotatable bonds is 4. The van der Waals surface area contributed by atoms with E-state index in [0.717, 1.165) is 66.1 Å². The summed E-state index contributed by atoms with van der Waals surface area (Å²) in [4.78, 5) is 75.4. The van der Waals surface area contributed by atoms with Crippen LogP contribution >= 0.6 is 8.25 Å². The number of nitrogens with zero attached hydrogens (tertiary/aromatic N) is 12. The molecule has 0 unspecified atom stereocenters. The topological polar surface area (TPSA) is 253 Å². The van der Waals surface area contributed by atoms with E-state index in [1.807, 2.05) is 158 Å². The molecule has 16 bridgehead atoms. The van der Waals surface area contributed by atoms with Crippen molar-refractivity contribution < 1.29 is 13.6 Å². The lowest BCUT2D eigenvalue weighted by atomic mass is 10.1. The van der Waals surface area contributed by atoms with Crippen LogP contribution in [0.15, 0.2) is 182 Å². The van der Waals surface area contributed by atoms with E-state index in [4.69, 9.17) is 68.9 Å². The molecular weight excluding hydrogens is 1070 g/mol. The average molecular weight is 1110 g/mol. The summed E-state index contributed by atoms with van der Waals surface area (Å²) in [6.45, 7) is 0. The number of hydrogen-bond acceptors (Lipinski definition) is 15. The van der Waals surface area contributed by atoms with Gasteiger partial charge in [0.2, 0.25) is 0 Å². The molecule has 4 N–H and O–H groups in total. The predicted octanol–water partition coefficient (Wildman–Crippen LogP) is 13.9. The maximum atomic E-state index is 14.9. The van der Waals surface area contributed by atoms with Crippen LogP contribution in [0.2, 0.25) is 0 Å². The molecule has 0 fully saturated rings. The lowest BCUT2D eigenvalue weighted by Gasteiger charge is -2.10. The monoisotopic (exact) mass is 1110 g/mol. The molecule has 0 aliphatic carbocycles.